The van der Waals surface area contributed by atoms with Crippen molar-refractivity contribution < 1.29 is 8.78 Å². The van der Waals surface area contributed by atoms with Gasteiger partial charge in [0.2, 0.25) is 0 Å². The third-order valence-electron chi connectivity index (χ3n) is 3.68. The Balaban J connectivity index is 1.81. The molecule has 0 fully saturated rings. The van der Waals surface area contributed by atoms with E-state index in [2.05, 4.69) is 15.5 Å². The van der Waals surface area contributed by atoms with Crippen molar-refractivity contribution >= 4 is 28.3 Å². The van der Waals surface area contributed by atoms with E-state index in [1.54, 1.807) is 0 Å². The van der Waals surface area contributed by atoms with Crippen LogP contribution in [0.15, 0.2) is 46.5 Å². The monoisotopic (exact) mass is 331 g/mol. The molecule has 1 heterocycles. The van der Waals surface area contributed by atoms with Crippen LogP contribution >= 0.6 is 11.8 Å². The van der Waals surface area contributed by atoms with Crippen LogP contribution in [0.5, 0.6) is 0 Å². The summed E-state index contributed by atoms with van der Waals surface area (Å²) in [6.45, 7) is 4.07. The zero-order valence-corrected chi connectivity index (χ0v) is 13.5. The number of thioether (sulfide) groups is 1. The van der Waals surface area contributed by atoms with E-state index in [9.17, 15) is 8.78 Å². The third kappa shape index (κ3) is 3.42. The highest BCUT2D eigenvalue weighted by Crippen LogP contribution is 2.24. The molecule has 0 saturated carbocycles. The lowest BCUT2D eigenvalue weighted by Crippen LogP contribution is -2.25. The fourth-order valence-corrected chi connectivity index (χ4v) is 2.94. The average Bonchev–Trinajstić information content (AvgIpc) is 2.55. The van der Waals surface area contributed by atoms with E-state index in [4.69, 9.17) is 0 Å². The van der Waals surface area contributed by atoms with Crippen LogP contribution in [0, 0.1) is 25.5 Å². The predicted octanol–water partition coefficient (Wildman–Crippen LogP) is 4.31. The van der Waals surface area contributed by atoms with Crippen LogP contribution in [0.1, 0.15) is 16.7 Å². The van der Waals surface area contributed by atoms with E-state index >= 15 is 0 Å². The van der Waals surface area contributed by atoms with E-state index in [0.29, 0.717) is 22.2 Å². The molecule has 2 aromatic rings. The van der Waals surface area contributed by atoms with Gasteiger partial charge in [-0.3, -0.25) is 5.43 Å². The SMILES string of the molecule is Cc1cccc(N=C2NN=C(c3ccc(F)c(F)c3)CS2)c1C. The molecule has 0 aliphatic carbocycles. The van der Waals surface area contributed by atoms with Crippen LogP contribution in [-0.4, -0.2) is 16.6 Å². The van der Waals surface area contributed by atoms with Crippen LogP contribution in [0.25, 0.3) is 0 Å². The average molecular weight is 331 g/mol. The van der Waals surface area contributed by atoms with Gasteiger partial charge >= 0.3 is 0 Å². The highest BCUT2D eigenvalue weighted by molar-refractivity contribution is 8.14. The van der Waals surface area contributed by atoms with Gasteiger partial charge in [-0.25, -0.2) is 13.8 Å². The molecule has 0 radical (unpaired) electrons. The number of halogens is 2. The summed E-state index contributed by atoms with van der Waals surface area (Å²) >= 11 is 1.48. The number of hydrogen-bond acceptors (Lipinski definition) is 3. The summed E-state index contributed by atoms with van der Waals surface area (Å²) in [6.07, 6.45) is 0. The van der Waals surface area contributed by atoms with E-state index < -0.39 is 11.6 Å². The molecule has 23 heavy (non-hydrogen) atoms. The van der Waals surface area contributed by atoms with Gasteiger partial charge < -0.3 is 0 Å². The number of amidine groups is 1. The number of nitrogens with zero attached hydrogens (tertiary/aromatic N) is 2. The number of hydrazone groups is 1. The fraction of sp³-hybridized carbons (Fsp3) is 0.176. The normalized spacial score (nSPS) is 16.2. The summed E-state index contributed by atoms with van der Waals surface area (Å²) in [4.78, 5) is 4.57. The van der Waals surface area contributed by atoms with Gasteiger partial charge in [0.15, 0.2) is 16.8 Å². The number of aryl methyl sites for hydroxylation is 1. The molecule has 6 heteroatoms. The second-order valence-electron chi connectivity index (χ2n) is 5.22. The lowest BCUT2D eigenvalue weighted by molar-refractivity contribution is 0.508. The second-order valence-corrected chi connectivity index (χ2v) is 6.19. The maximum Gasteiger partial charge on any atom is 0.182 e. The molecule has 0 saturated heterocycles. The molecule has 0 amide bonds. The van der Waals surface area contributed by atoms with Crippen molar-refractivity contribution in [2.24, 2.45) is 10.1 Å². The Hall–Kier alpha value is -2.21. The number of benzene rings is 2. The first-order valence-electron chi connectivity index (χ1n) is 7.10. The molecule has 3 nitrogen and oxygen atoms in total. The maximum atomic E-state index is 13.3. The number of rotatable bonds is 2. The molecule has 0 unspecified atom stereocenters. The van der Waals surface area contributed by atoms with E-state index in [0.717, 1.165) is 23.4 Å². The molecule has 0 spiro atoms. The van der Waals surface area contributed by atoms with Crippen molar-refractivity contribution in [3.63, 3.8) is 0 Å². The lowest BCUT2D eigenvalue weighted by atomic mass is 10.1. The largest absolute Gasteiger partial charge is 0.255 e. The molecule has 1 aliphatic heterocycles. The van der Waals surface area contributed by atoms with Gasteiger partial charge in [0, 0.05) is 11.3 Å². The molecule has 118 valence electrons. The van der Waals surface area contributed by atoms with Crippen LogP contribution in [0.2, 0.25) is 0 Å². The van der Waals surface area contributed by atoms with Crippen LogP contribution in [0.4, 0.5) is 14.5 Å². The number of aliphatic imine (C=N–C) groups is 1. The van der Waals surface area contributed by atoms with Crippen molar-refractivity contribution in [1.82, 2.24) is 5.43 Å². The minimum atomic E-state index is -0.870. The van der Waals surface area contributed by atoms with Gasteiger partial charge in [-0.15, -0.1) is 0 Å². The topological polar surface area (TPSA) is 36.8 Å². The molecule has 0 atom stereocenters. The number of hydrogen-bond donors (Lipinski definition) is 1. The first-order chi connectivity index (χ1) is 11.0. The van der Waals surface area contributed by atoms with Gasteiger partial charge in [-0.05, 0) is 49.2 Å². The molecule has 0 aromatic heterocycles. The van der Waals surface area contributed by atoms with Crippen molar-refractivity contribution in [3.05, 3.63) is 64.7 Å². The standard InChI is InChI=1S/C17H15F2N3S/c1-10-4-3-5-15(11(10)2)20-17-22-21-16(9-23-17)12-6-7-13(18)14(19)8-12/h3-8H,9H2,1-2H3,(H,20,22). The van der Waals surface area contributed by atoms with Crippen LogP contribution in [-0.2, 0) is 0 Å². The summed E-state index contributed by atoms with van der Waals surface area (Å²) in [5.41, 5.74) is 7.30. The highest BCUT2D eigenvalue weighted by Gasteiger charge is 2.15. The Morgan fingerprint density at radius 1 is 1.13 bits per heavy atom. The minimum Gasteiger partial charge on any atom is -0.255 e. The van der Waals surface area contributed by atoms with E-state index in [-0.39, 0.29) is 0 Å². The predicted molar refractivity (Wildman–Crippen MR) is 91.5 cm³/mol. The molecule has 1 N–H and O–H groups in total. The van der Waals surface area contributed by atoms with Crippen molar-refractivity contribution in [2.45, 2.75) is 13.8 Å². The van der Waals surface area contributed by atoms with Crippen molar-refractivity contribution in [3.8, 4) is 0 Å². The summed E-state index contributed by atoms with van der Waals surface area (Å²) < 4.78 is 26.3. The van der Waals surface area contributed by atoms with Gasteiger partial charge in [0.1, 0.15) is 0 Å². The second kappa shape index (κ2) is 6.50. The molecular formula is C17H15F2N3S. The van der Waals surface area contributed by atoms with Gasteiger partial charge in [-0.2, -0.15) is 5.10 Å². The van der Waals surface area contributed by atoms with Gasteiger partial charge in [0.25, 0.3) is 0 Å². The third-order valence-corrected chi connectivity index (χ3v) is 4.56. The van der Waals surface area contributed by atoms with Crippen molar-refractivity contribution in [1.29, 1.82) is 0 Å². The zero-order valence-electron chi connectivity index (χ0n) is 12.7. The molecule has 1 aliphatic rings. The first kappa shape index (κ1) is 15.7. The first-order valence-corrected chi connectivity index (χ1v) is 8.09. The minimum absolute atomic E-state index is 0.543. The summed E-state index contributed by atoms with van der Waals surface area (Å²) in [5.74, 6) is -1.19. The molecular weight excluding hydrogens is 316 g/mol. The van der Waals surface area contributed by atoms with E-state index in [1.165, 1.54) is 23.4 Å². The summed E-state index contributed by atoms with van der Waals surface area (Å²) in [6, 6.07) is 9.74. The van der Waals surface area contributed by atoms with E-state index in [1.807, 2.05) is 32.0 Å². The van der Waals surface area contributed by atoms with Crippen molar-refractivity contribution in [2.75, 3.05) is 5.75 Å². The summed E-state index contributed by atoms with van der Waals surface area (Å²) in [5, 5.41) is 4.91. The Labute approximate surface area is 137 Å². The Morgan fingerprint density at radius 3 is 2.65 bits per heavy atom. The van der Waals surface area contributed by atoms with Gasteiger partial charge in [0.05, 0.1) is 11.4 Å². The lowest BCUT2D eigenvalue weighted by Gasteiger charge is -2.15. The van der Waals surface area contributed by atoms with Crippen LogP contribution in [0.3, 0.4) is 0 Å². The Kier molecular flexibility index (Phi) is 4.43. The molecule has 0 bridgehead atoms. The summed E-state index contributed by atoms with van der Waals surface area (Å²) in [7, 11) is 0. The number of nitrogens with one attached hydrogen (secondary N) is 1. The molecule has 3 rings (SSSR count). The smallest absolute Gasteiger partial charge is 0.182 e. The highest BCUT2D eigenvalue weighted by atomic mass is 32.2. The van der Waals surface area contributed by atoms with Crippen LogP contribution < -0.4 is 5.43 Å². The Morgan fingerprint density at radius 2 is 1.96 bits per heavy atom. The maximum absolute atomic E-state index is 13.3. The fourth-order valence-electron chi connectivity index (χ4n) is 2.16. The zero-order chi connectivity index (χ0) is 16.4. The Bertz CT molecular complexity index is 815. The van der Waals surface area contributed by atoms with Gasteiger partial charge in [-0.1, -0.05) is 23.9 Å². The quantitative estimate of drug-likeness (QED) is 0.890. The molecule has 2 aromatic carbocycles.